The fourth-order valence-corrected chi connectivity index (χ4v) is 11.5. The molecule has 0 unspecified atom stereocenters. The van der Waals surface area contributed by atoms with Crippen LogP contribution in [0.4, 0.5) is 0 Å². The van der Waals surface area contributed by atoms with Crippen LogP contribution in [0.1, 0.15) is 0 Å². The van der Waals surface area contributed by atoms with Gasteiger partial charge in [0.25, 0.3) is 0 Å². The molecule has 0 aliphatic carbocycles. The number of aromatic nitrogens is 2. The summed E-state index contributed by atoms with van der Waals surface area (Å²) in [6.07, 6.45) is 0. The van der Waals surface area contributed by atoms with Gasteiger partial charge in [0.1, 0.15) is 0 Å². The van der Waals surface area contributed by atoms with Crippen molar-refractivity contribution in [2.24, 2.45) is 0 Å². The van der Waals surface area contributed by atoms with Crippen LogP contribution in [0.15, 0.2) is 194 Å². The third-order valence-corrected chi connectivity index (χ3v) is 14.3. The molecule has 3 heterocycles. The van der Waals surface area contributed by atoms with E-state index >= 15 is 0 Å². The van der Waals surface area contributed by atoms with Crippen LogP contribution in [0.3, 0.4) is 0 Å². The lowest BCUT2D eigenvalue weighted by atomic mass is 9.89. The van der Waals surface area contributed by atoms with Crippen molar-refractivity contribution in [1.29, 1.82) is 0 Å². The summed E-state index contributed by atoms with van der Waals surface area (Å²) in [4.78, 5) is 5.55. The van der Waals surface area contributed by atoms with Crippen molar-refractivity contribution in [3.05, 3.63) is 194 Å². The Morgan fingerprint density at radius 2 is 0.950 bits per heavy atom. The third-order valence-electron chi connectivity index (χ3n) is 13.1. The number of thiophene rings is 1. The Morgan fingerprint density at radius 3 is 1.75 bits per heavy atom. The number of pyridine rings is 1. The molecule has 2 nitrogen and oxygen atoms in total. The van der Waals surface area contributed by atoms with Crippen LogP contribution in [-0.4, -0.2) is 9.38 Å². The summed E-state index contributed by atoms with van der Waals surface area (Å²) in [6.45, 7) is 0. The Kier molecular flexibility index (Phi) is 6.47. The molecule has 0 radical (unpaired) electrons. The molecule has 0 N–H and O–H groups in total. The number of imidazole rings is 1. The molecule has 3 heteroatoms. The van der Waals surface area contributed by atoms with Gasteiger partial charge in [-0.15, -0.1) is 11.3 Å². The molecule has 0 atom stereocenters. The van der Waals surface area contributed by atoms with Crippen LogP contribution >= 0.6 is 11.3 Å². The molecule has 0 spiro atoms. The van der Waals surface area contributed by atoms with Crippen LogP contribution in [0, 0.1) is 0 Å². The monoisotopic (exact) mass is 776 g/mol. The number of hydrogen-bond acceptors (Lipinski definition) is 2. The van der Waals surface area contributed by atoms with Gasteiger partial charge in [0, 0.05) is 20.9 Å². The van der Waals surface area contributed by atoms with Gasteiger partial charge in [0.2, 0.25) is 0 Å². The molecular weight excluding hydrogens is 745 g/mol. The van der Waals surface area contributed by atoms with Crippen molar-refractivity contribution in [3.8, 4) is 33.5 Å². The highest BCUT2D eigenvalue weighted by atomic mass is 32.1. The van der Waals surface area contributed by atoms with E-state index in [-0.39, 0.29) is 0 Å². The lowest BCUT2D eigenvalue weighted by molar-refractivity contribution is 1.25. The fourth-order valence-electron chi connectivity index (χ4n) is 10.2. The molecule has 60 heavy (non-hydrogen) atoms. The first-order valence-electron chi connectivity index (χ1n) is 20.6. The summed E-state index contributed by atoms with van der Waals surface area (Å²) in [7, 11) is 0. The molecule has 0 aliphatic rings. The van der Waals surface area contributed by atoms with E-state index in [1.165, 1.54) is 107 Å². The maximum atomic E-state index is 5.55. The van der Waals surface area contributed by atoms with Crippen molar-refractivity contribution < 1.29 is 0 Å². The average Bonchev–Trinajstić information content (AvgIpc) is 3.90. The zero-order chi connectivity index (χ0) is 39.1. The van der Waals surface area contributed by atoms with Gasteiger partial charge in [-0.2, -0.15) is 0 Å². The van der Waals surface area contributed by atoms with Crippen molar-refractivity contribution >= 4 is 113 Å². The lowest BCUT2D eigenvalue weighted by Crippen LogP contribution is -1.93. The Bertz CT molecular complexity index is 4080. The largest absolute Gasteiger partial charge is 0.291 e. The molecule has 14 aromatic rings. The molecular formula is C57H32N2S. The van der Waals surface area contributed by atoms with Crippen LogP contribution in [0.2, 0.25) is 0 Å². The fraction of sp³-hybridized carbons (Fsp3) is 0. The van der Waals surface area contributed by atoms with Crippen molar-refractivity contribution in [3.63, 3.8) is 0 Å². The summed E-state index contributed by atoms with van der Waals surface area (Å²) in [6, 6.07) is 71.9. The number of benzene rings is 11. The van der Waals surface area contributed by atoms with Gasteiger partial charge < -0.3 is 0 Å². The van der Waals surface area contributed by atoms with Crippen LogP contribution in [0.5, 0.6) is 0 Å². The predicted octanol–water partition coefficient (Wildman–Crippen LogP) is 16.2. The van der Waals surface area contributed by atoms with E-state index in [1.54, 1.807) is 0 Å². The van der Waals surface area contributed by atoms with Crippen LogP contribution in [-0.2, 0) is 0 Å². The Hall–Kier alpha value is -7.59. The van der Waals surface area contributed by atoms with Crippen molar-refractivity contribution in [1.82, 2.24) is 9.38 Å². The quantitative estimate of drug-likeness (QED) is 0.129. The van der Waals surface area contributed by atoms with E-state index in [4.69, 9.17) is 4.98 Å². The van der Waals surface area contributed by atoms with Gasteiger partial charge in [0.05, 0.1) is 21.4 Å². The number of fused-ring (bicyclic) bond motifs is 12. The standard InChI is InChI=1S/C57H32N2S/c1-2-8-42-31-48-43(30-41(42)7-1)25-29-50-54(48)58-57-56-49(47-28-22-35-6-3-4-11-45(35)55(47)60-56)32-51(59(50)57)37-18-14-34(15-19-37)33-12-16-36(17-13-33)44-26-23-40-21-20-38-9-5-10-39-24-27-46(44)53(40)52(38)39/h1-32H. The molecule has 0 bridgehead atoms. The van der Waals surface area contributed by atoms with Gasteiger partial charge in [-0.25, -0.2) is 4.98 Å². The van der Waals surface area contributed by atoms with E-state index in [2.05, 4.69) is 199 Å². The van der Waals surface area contributed by atoms with Crippen LogP contribution in [0.25, 0.3) is 135 Å². The van der Waals surface area contributed by atoms with Crippen molar-refractivity contribution in [2.75, 3.05) is 0 Å². The van der Waals surface area contributed by atoms with Gasteiger partial charge in [-0.05, 0) is 111 Å². The van der Waals surface area contributed by atoms with E-state index in [0.29, 0.717) is 0 Å². The topological polar surface area (TPSA) is 17.3 Å². The minimum absolute atomic E-state index is 1.01. The molecule has 0 aliphatic heterocycles. The van der Waals surface area contributed by atoms with Gasteiger partial charge in [-0.3, -0.25) is 4.40 Å². The van der Waals surface area contributed by atoms with E-state index in [0.717, 1.165) is 27.9 Å². The zero-order valence-electron chi connectivity index (χ0n) is 32.3. The van der Waals surface area contributed by atoms with Gasteiger partial charge >= 0.3 is 0 Å². The first kappa shape index (κ1) is 32.4. The summed E-state index contributed by atoms with van der Waals surface area (Å²) < 4.78 is 4.94. The van der Waals surface area contributed by atoms with E-state index in [1.807, 2.05) is 11.3 Å². The SMILES string of the molecule is c1ccc2cc3c(ccc4c3nc3c5sc6c7ccccc7ccc6c5cc(-c5ccc(-c6ccc(-c7ccc8ccc9cccc%10ccc7c8c9%10)cc6)cc5)n43)cc2c1. The molecule has 3 aromatic heterocycles. The summed E-state index contributed by atoms with van der Waals surface area (Å²) in [5, 5.41) is 17.8. The lowest BCUT2D eigenvalue weighted by Gasteiger charge is -2.14. The number of nitrogens with zero attached hydrogens (tertiary/aromatic N) is 2. The predicted molar refractivity (Wildman–Crippen MR) is 258 cm³/mol. The second kappa shape index (κ2) is 12.0. The number of rotatable bonds is 3. The first-order chi connectivity index (χ1) is 29.7. The number of hydrogen-bond donors (Lipinski definition) is 0. The maximum Gasteiger partial charge on any atom is 0.156 e. The zero-order valence-corrected chi connectivity index (χ0v) is 33.1. The van der Waals surface area contributed by atoms with Crippen LogP contribution < -0.4 is 0 Å². The second-order valence-corrected chi connectivity index (χ2v) is 17.3. The normalized spacial score (nSPS) is 12.3. The summed E-state index contributed by atoms with van der Waals surface area (Å²) in [5.74, 6) is 0. The summed E-state index contributed by atoms with van der Waals surface area (Å²) in [5.41, 5.74) is 10.4. The Balaban J connectivity index is 0.926. The molecule has 14 rings (SSSR count). The van der Waals surface area contributed by atoms with E-state index in [9.17, 15) is 0 Å². The molecule has 0 amide bonds. The highest BCUT2D eigenvalue weighted by Gasteiger charge is 2.20. The average molecular weight is 777 g/mol. The molecule has 0 saturated carbocycles. The summed E-state index contributed by atoms with van der Waals surface area (Å²) >= 11 is 1.87. The van der Waals surface area contributed by atoms with Gasteiger partial charge in [-0.1, -0.05) is 170 Å². The third kappa shape index (κ3) is 4.50. The highest BCUT2D eigenvalue weighted by Crippen LogP contribution is 2.45. The molecule has 0 saturated heterocycles. The second-order valence-electron chi connectivity index (χ2n) is 16.3. The minimum Gasteiger partial charge on any atom is -0.291 e. The molecule has 276 valence electrons. The smallest absolute Gasteiger partial charge is 0.156 e. The van der Waals surface area contributed by atoms with Gasteiger partial charge in [0.15, 0.2) is 5.65 Å². The molecule has 11 aromatic carbocycles. The Morgan fingerprint density at radius 1 is 0.350 bits per heavy atom. The molecule has 0 fully saturated rings. The minimum atomic E-state index is 1.01. The van der Waals surface area contributed by atoms with Crippen molar-refractivity contribution in [2.45, 2.75) is 0 Å². The highest BCUT2D eigenvalue weighted by molar-refractivity contribution is 7.27. The Labute approximate surface area is 348 Å². The first-order valence-corrected chi connectivity index (χ1v) is 21.4. The van der Waals surface area contributed by atoms with E-state index < -0.39 is 0 Å². The maximum absolute atomic E-state index is 5.55.